The van der Waals surface area contributed by atoms with Gasteiger partial charge in [-0.2, -0.15) is 0 Å². The Bertz CT molecular complexity index is 1150. The van der Waals surface area contributed by atoms with Crippen molar-refractivity contribution in [2.45, 2.75) is 0 Å². The first-order chi connectivity index (χ1) is 14.1. The van der Waals surface area contributed by atoms with E-state index in [1.54, 1.807) is 30.3 Å². The molecule has 4 aromatic rings. The van der Waals surface area contributed by atoms with Crippen LogP contribution in [0.3, 0.4) is 0 Å². The van der Waals surface area contributed by atoms with Gasteiger partial charge in [0, 0.05) is 0 Å². The molecule has 146 valence electrons. The third-order valence-corrected chi connectivity index (χ3v) is 5.08. The van der Waals surface area contributed by atoms with Gasteiger partial charge in [0.25, 0.3) is 5.91 Å². The highest BCUT2D eigenvalue weighted by atomic mass is 32.1. The van der Waals surface area contributed by atoms with E-state index in [1.807, 2.05) is 24.3 Å². The lowest BCUT2D eigenvalue weighted by Crippen LogP contribution is -2.21. The standard InChI is InChI=1S/C21H16N2O5S/c1-26-15-8-4-2-6-13(15)22-19(24)12-27-21(25)17-11-10-16(28-17)20-23-14-7-3-5-9-18(14)29-20/h2-11H,12H2,1H3,(H,22,24). The number of amides is 1. The first-order valence-corrected chi connectivity index (χ1v) is 9.51. The highest BCUT2D eigenvalue weighted by Crippen LogP contribution is 2.31. The number of fused-ring (bicyclic) bond motifs is 1. The molecule has 1 amide bonds. The number of aromatic nitrogens is 1. The number of thiazole rings is 1. The zero-order valence-electron chi connectivity index (χ0n) is 15.4. The molecule has 0 aliphatic rings. The van der Waals surface area contributed by atoms with E-state index in [9.17, 15) is 9.59 Å². The second-order valence-corrected chi connectivity index (χ2v) is 7.01. The number of carbonyl (C=O) groups is 2. The van der Waals surface area contributed by atoms with Gasteiger partial charge in [0.15, 0.2) is 17.4 Å². The van der Waals surface area contributed by atoms with Gasteiger partial charge in [0.05, 0.1) is 23.0 Å². The molecule has 2 heterocycles. The van der Waals surface area contributed by atoms with Crippen LogP contribution in [0.1, 0.15) is 10.6 Å². The average Bonchev–Trinajstić information content (AvgIpc) is 3.39. The number of nitrogens with one attached hydrogen (secondary N) is 1. The first-order valence-electron chi connectivity index (χ1n) is 8.70. The van der Waals surface area contributed by atoms with Crippen LogP contribution in [0.2, 0.25) is 0 Å². The van der Waals surface area contributed by atoms with Crippen LogP contribution in [-0.4, -0.2) is 30.6 Å². The van der Waals surface area contributed by atoms with Crippen molar-refractivity contribution in [1.29, 1.82) is 0 Å². The summed E-state index contributed by atoms with van der Waals surface area (Å²) < 4.78 is 16.8. The number of methoxy groups -OCH3 is 1. The van der Waals surface area contributed by atoms with Gasteiger partial charge in [-0.1, -0.05) is 24.3 Å². The number of ether oxygens (including phenoxy) is 2. The van der Waals surface area contributed by atoms with Crippen molar-refractivity contribution >= 4 is 39.1 Å². The first kappa shape index (κ1) is 18.7. The van der Waals surface area contributed by atoms with Crippen molar-refractivity contribution in [3.8, 4) is 16.5 Å². The van der Waals surface area contributed by atoms with E-state index >= 15 is 0 Å². The predicted molar refractivity (Wildman–Crippen MR) is 109 cm³/mol. The van der Waals surface area contributed by atoms with Crippen LogP contribution in [0.15, 0.2) is 65.1 Å². The van der Waals surface area contributed by atoms with Crippen molar-refractivity contribution in [3.05, 3.63) is 66.4 Å². The summed E-state index contributed by atoms with van der Waals surface area (Å²) in [4.78, 5) is 28.8. The highest BCUT2D eigenvalue weighted by Gasteiger charge is 2.17. The number of nitrogens with zero attached hydrogens (tertiary/aromatic N) is 1. The Morgan fingerprint density at radius 1 is 1.07 bits per heavy atom. The molecular weight excluding hydrogens is 392 g/mol. The summed E-state index contributed by atoms with van der Waals surface area (Å²) in [5, 5.41) is 3.30. The number of hydrogen-bond acceptors (Lipinski definition) is 7. The maximum absolute atomic E-state index is 12.2. The lowest BCUT2D eigenvalue weighted by molar-refractivity contribution is -0.119. The lowest BCUT2D eigenvalue weighted by atomic mass is 10.3. The minimum absolute atomic E-state index is 0.00403. The van der Waals surface area contributed by atoms with Crippen LogP contribution in [-0.2, 0) is 9.53 Å². The normalized spacial score (nSPS) is 10.7. The number of para-hydroxylation sites is 3. The van der Waals surface area contributed by atoms with Gasteiger partial charge >= 0.3 is 5.97 Å². The summed E-state index contributed by atoms with van der Waals surface area (Å²) >= 11 is 1.47. The molecule has 0 aliphatic carbocycles. The highest BCUT2D eigenvalue weighted by molar-refractivity contribution is 7.21. The maximum Gasteiger partial charge on any atom is 0.374 e. The van der Waals surface area contributed by atoms with Gasteiger partial charge in [-0.05, 0) is 36.4 Å². The van der Waals surface area contributed by atoms with E-state index in [2.05, 4.69) is 10.3 Å². The lowest BCUT2D eigenvalue weighted by Gasteiger charge is -2.09. The van der Waals surface area contributed by atoms with E-state index in [4.69, 9.17) is 13.9 Å². The zero-order valence-corrected chi connectivity index (χ0v) is 16.2. The Morgan fingerprint density at radius 3 is 2.69 bits per heavy atom. The van der Waals surface area contributed by atoms with Crippen molar-refractivity contribution in [1.82, 2.24) is 4.98 Å². The molecule has 0 spiro atoms. The SMILES string of the molecule is COc1ccccc1NC(=O)COC(=O)c1ccc(-c2nc3ccccc3s2)o1. The molecule has 0 aliphatic heterocycles. The summed E-state index contributed by atoms with van der Waals surface area (Å²) in [5.41, 5.74) is 1.35. The van der Waals surface area contributed by atoms with Crippen LogP contribution in [0.25, 0.3) is 21.0 Å². The summed E-state index contributed by atoms with van der Waals surface area (Å²) in [7, 11) is 1.50. The molecule has 29 heavy (non-hydrogen) atoms. The molecule has 2 aromatic heterocycles. The van der Waals surface area contributed by atoms with Crippen molar-refractivity contribution in [2.24, 2.45) is 0 Å². The van der Waals surface area contributed by atoms with Crippen LogP contribution in [0.5, 0.6) is 5.75 Å². The Hall–Kier alpha value is -3.65. The third kappa shape index (κ3) is 4.12. The number of esters is 1. The minimum Gasteiger partial charge on any atom is -0.495 e. The molecule has 7 nitrogen and oxygen atoms in total. The second kappa shape index (κ2) is 8.15. The molecule has 0 bridgehead atoms. The number of hydrogen-bond donors (Lipinski definition) is 1. The third-order valence-electron chi connectivity index (χ3n) is 4.03. The Morgan fingerprint density at radius 2 is 1.86 bits per heavy atom. The smallest absolute Gasteiger partial charge is 0.374 e. The van der Waals surface area contributed by atoms with Gasteiger partial charge in [0.2, 0.25) is 5.76 Å². The molecule has 0 saturated heterocycles. The van der Waals surface area contributed by atoms with Crippen molar-refractivity contribution in [2.75, 3.05) is 19.0 Å². The van der Waals surface area contributed by atoms with Crippen LogP contribution in [0.4, 0.5) is 5.69 Å². The van der Waals surface area contributed by atoms with Gasteiger partial charge in [0.1, 0.15) is 5.75 Å². The van der Waals surface area contributed by atoms with Crippen LogP contribution >= 0.6 is 11.3 Å². The molecule has 0 atom stereocenters. The molecule has 2 aromatic carbocycles. The van der Waals surface area contributed by atoms with Gasteiger partial charge in [-0.15, -0.1) is 11.3 Å². The van der Waals surface area contributed by atoms with Gasteiger partial charge in [-0.25, -0.2) is 9.78 Å². The number of furan rings is 1. The number of rotatable bonds is 6. The fraction of sp³-hybridized carbons (Fsp3) is 0.0952. The topological polar surface area (TPSA) is 90.7 Å². The van der Waals surface area contributed by atoms with Gasteiger partial charge < -0.3 is 19.2 Å². The summed E-state index contributed by atoms with van der Waals surface area (Å²) in [6, 6.07) is 17.8. The monoisotopic (exact) mass is 408 g/mol. The van der Waals surface area contributed by atoms with Crippen LogP contribution < -0.4 is 10.1 Å². The second-order valence-electron chi connectivity index (χ2n) is 5.98. The predicted octanol–water partition coefficient (Wildman–Crippen LogP) is 4.36. The quantitative estimate of drug-likeness (QED) is 0.477. The Kier molecular flexibility index (Phi) is 5.26. The van der Waals surface area contributed by atoms with E-state index in [0.29, 0.717) is 22.2 Å². The maximum atomic E-state index is 12.2. The molecule has 0 radical (unpaired) electrons. The van der Waals surface area contributed by atoms with Crippen molar-refractivity contribution in [3.63, 3.8) is 0 Å². The molecule has 8 heteroatoms. The van der Waals surface area contributed by atoms with E-state index < -0.39 is 18.5 Å². The average molecular weight is 408 g/mol. The molecule has 1 N–H and O–H groups in total. The largest absolute Gasteiger partial charge is 0.495 e. The minimum atomic E-state index is -0.729. The number of carbonyl (C=O) groups excluding carboxylic acids is 2. The summed E-state index contributed by atoms with van der Waals surface area (Å²) in [5.74, 6) is -0.229. The van der Waals surface area contributed by atoms with E-state index in [-0.39, 0.29) is 5.76 Å². The van der Waals surface area contributed by atoms with E-state index in [1.165, 1.54) is 24.5 Å². The summed E-state index contributed by atoms with van der Waals surface area (Å²) in [6.45, 7) is -0.450. The number of anilines is 1. The fourth-order valence-electron chi connectivity index (χ4n) is 2.68. The molecular formula is C21H16N2O5S. The molecule has 0 fully saturated rings. The summed E-state index contributed by atoms with van der Waals surface area (Å²) in [6.07, 6.45) is 0. The fourth-order valence-corrected chi connectivity index (χ4v) is 3.60. The van der Waals surface area contributed by atoms with Crippen molar-refractivity contribution < 1.29 is 23.5 Å². The van der Waals surface area contributed by atoms with E-state index in [0.717, 1.165) is 10.2 Å². The van der Waals surface area contributed by atoms with Crippen LogP contribution in [0, 0.1) is 0 Å². The molecule has 4 rings (SSSR count). The van der Waals surface area contributed by atoms with Gasteiger partial charge in [-0.3, -0.25) is 4.79 Å². The molecule has 0 unspecified atom stereocenters. The zero-order chi connectivity index (χ0) is 20.2. The Balaban J connectivity index is 1.38. The molecule has 0 saturated carbocycles. The Labute approximate surface area is 169 Å². The number of benzene rings is 2.